The van der Waals surface area contributed by atoms with Crippen LogP contribution >= 0.6 is 0 Å². The Bertz CT molecular complexity index is 284. The SMILES string of the molecule is CCC(NCCCCO)c1ccc(O)cc1. The van der Waals surface area contributed by atoms with Crippen LogP contribution in [0.4, 0.5) is 0 Å². The van der Waals surface area contributed by atoms with Crippen molar-refractivity contribution in [1.29, 1.82) is 0 Å². The number of hydrogen-bond acceptors (Lipinski definition) is 3. The Labute approximate surface area is 97.1 Å². The lowest BCUT2D eigenvalue weighted by Gasteiger charge is -2.17. The zero-order valence-corrected chi connectivity index (χ0v) is 9.82. The zero-order valence-electron chi connectivity index (χ0n) is 9.82. The fourth-order valence-corrected chi connectivity index (χ4v) is 1.72. The van der Waals surface area contributed by atoms with Gasteiger partial charge in [0, 0.05) is 12.6 Å². The molecule has 0 aliphatic carbocycles. The molecule has 16 heavy (non-hydrogen) atoms. The molecule has 0 saturated carbocycles. The first-order chi connectivity index (χ1) is 7.77. The Kier molecular flexibility index (Phi) is 5.90. The highest BCUT2D eigenvalue weighted by atomic mass is 16.3. The molecule has 3 heteroatoms. The van der Waals surface area contributed by atoms with Crippen LogP contribution in [0.2, 0.25) is 0 Å². The Balaban J connectivity index is 2.44. The normalized spacial score (nSPS) is 12.6. The van der Waals surface area contributed by atoms with E-state index in [1.807, 2.05) is 12.1 Å². The van der Waals surface area contributed by atoms with Crippen molar-refractivity contribution in [2.45, 2.75) is 32.2 Å². The van der Waals surface area contributed by atoms with Crippen molar-refractivity contribution in [3.05, 3.63) is 29.8 Å². The molecule has 0 spiro atoms. The van der Waals surface area contributed by atoms with E-state index >= 15 is 0 Å². The zero-order chi connectivity index (χ0) is 11.8. The van der Waals surface area contributed by atoms with E-state index in [1.165, 1.54) is 5.56 Å². The molecule has 1 aromatic carbocycles. The van der Waals surface area contributed by atoms with Crippen LogP contribution in [0.1, 0.15) is 37.8 Å². The first kappa shape index (κ1) is 13.0. The molecule has 0 radical (unpaired) electrons. The second kappa shape index (κ2) is 7.25. The molecule has 0 saturated heterocycles. The maximum atomic E-state index is 9.21. The van der Waals surface area contributed by atoms with Crippen LogP contribution < -0.4 is 5.32 Å². The molecule has 0 aliphatic rings. The first-order valence-electron chi connectivity index (χ1n) is 5.91. The number of phenolic OH excluding ortho intramolecular Hbond substituents is 1. The summed E-state index contributed by atoms with van der Waals surface area (Å²) >= 11 is 0. The Hall–Kier alpha value is -1.06. The van der Waals surface area contributed by atoms with Crippen molar-refractivity contribution in [3.8, 4) is 5.75 Å². The second-order valence-electron chi connectivity index (χ2n) is 3.94. The predicted octanol–water partition coefficient (Wildman–Crippen LogP) is 2.21. The summed E-state index contributed by atoms with van der Waals surface area (Å²) in [6, 6.07) is 7.66. The number of rotatable bonds is 7. The molecule has 0 fully saturated rings. The van der Waals surface area contributed by atoms with E-state index in [1.54, 1.807) is 12.1 Å². The third kappa shape index (κ3) is 4.21. The van der Waals surface area contributed by atoms with Gasteiger partial charge in [-0.2, -0.15) is 0 Å². The highest BCUT2D eigenvalue weighted by molar-refractivity contribution is 5.27. The number of nitrogens with one attached hydrogen (secondary N) is 1. The van der Waals surface area contributed by atoms with Crippen LogP contribution in [0.15, 0.2) is 24.3 Å². The fourth-order valence-electron chi connectivity index (χ4n) is 1.72. The minimum absolute atomic E-state index is 0.262. The van der Waals surface area contributed by atoms with Crippen molar-refractivity contribution in [3.63, 3.8) is 0 Å². The molecule has 90 valence electrons. The molecule has 0 aromatic heterocycles. The van der Waals surface area contributed by atoms with Crippen molar-refractivity contribution in [2.24, 2.45) is 0 Å². The summed E-state index contributed by atoms with van der Waals surface area (Å²) in [5.41, 5.74) is 1.20. The summed E-state index contributed by atoms with van der Waals surface area (Å²) in [6.07, 6.45) is 2.86. The molecular weight excluding hydrogens is 202 g/mol. The van der Waals surface area contributed by atoms with Crippen LogP contribution in [0.3, 0.4) is 0 Å². The molecule has 0 amide bonds. The average Bonchev–Trinajstić information content (AvgIpc) is 2.31. The fraction of sp³-hybridized carbons (Fsp3) is 0.538. The predicted molar refractivity (Wildman–Crippen MR) is 65.5 cm³/mol. The third-order valence-corrected chi connectivity index (χ3v) is 2.68. The molecule has 1 rings (SSSR count). The van der Waals surface area contributed by atoms with Gasteiger partial charge in [0.25, 0.3) is 0 Å². The van der Waals surface area contributed by atoms with Crippen LogP contribution in [0.5, 0.6) is 5.75 Å². The van der Waals surface area contributed by atoms with E-state index in [0.29, 0.717) is 11.8 Å². The molecule has 3 N–H and O–H groups in total. The highest BCUT2D eigenvalue weighted by Gasteiger charge is 2.07. The summed E-state index contributed by atoms with van der Waals surface area (Å²) in [6.45, 7) is 3.31. The van der Waals surface area contributed by atoms with Gasteiger partial charge in [-0.15, -0.1) is 0 Å². The summed E-state index contributed by atoms with van der Waals surface area (Å²) in [4.78, 5) is 0. The quantitative estimate of drug-likeness (QED) is 0.621. The van der Waals surface area contributed by atoms with E-state index < -0.39 is 0 Å². The van der Waals surface area contributed by atoms with Gasteiger partial charge in [-0.05, 0) is 43.5 Å². The molecule has 1 aromatic rings. The van der Waals surface area contributed by atoms with Crippen LogP contribution in [-0.4, -0.2) is 23.4 Å². The van der Waals surface area contributed by atoms with Crippen LogP contribution in [-0.2, 0) is 0 Å². The first-order valence-corrected chi connectivity index (χ1v) is 5.91. The van der Waals surface area contributed by atoms with Gasteiger partial charge in [0.15, 0.2) is 0 Å². The number of unbranched alkanes of at least 4 members (excludes halogenated alkanes) is 1. The molecule has 0 heterocycles. The lowest BCUT2D eigenvalue weighted by molar-refractivity contribution is 0.282. The molecule has 1 atom stereocenters. The van der Waals surface area contributed by atoms with Gasteiger partial charge in [0.2, 0.25) is 0 Å². The van der Waals surface area contributed by atoms with E-state index in [9.17, 15) is 5.11 Å². The van der Waals surface area contributed by atoms with Gasteiger partial charge in [-0.1, -0.05) is 19.1 Å². The lowest BCUT2D eigenvalue weighted by atomic mass is 10.0. The highest BCUT2D eigenvalue weighted by Crippen LogP contribution is 2.19. The number of aliphatic hydroxyl groups excluding tert-OH is 1. The smallest absolute Gasteiger partial charge is 0.115 e. The number of phenols is 1. The van der Waals surface area contributed by atoms with E-state index in [0.717, 1.165) is 25.8 Å². The van der Waals surface area contributed by atoms with Crippen molar-refractivity contribution in [1.82, 2.24) is 5.32 Å². The number of aliphatic hydroxyl groups is 1. The van der Waals surface area contributed by atoms with Gasteiger partial charge in [0.05, 0.1) is 0 Å². The minimum atomic E-state index is 0.262. The number of aromatic hydroxyl groups is 1. The Morgan fingerprint density at radius 2 is 1.88 bits per heavy atom. The van der Waals surface area contributed by atoms with Crippen LogP contribution in [0.25, 0.3) is 0 Å². The monoisotopic (exact) mass is 223 g/mol. The third-order valence-electron chi connectivity index (χ3n) is 2.68. The van der Waals surface area contributed by atoms with Crippen molar-refractivity contribution < 1.29 is 10.2 Å². The summed E-state index contributed by atoms with van der Waals surface area (Å²) in [7, 11) is 0. The largest absolute Gasteiger partial charge is 0.508 e. The second-order valence-corrected chi connectivity index (χ2v) is 3.94. The van der Waals surface area contributed by atoms with Gasteiger partial charge < -0.3 is 15.5 Å². The van der Waals surface area contributed by atoms with Gasteiger partial charge in [-0.25, -0.2) is 0 Å². The molecular formula is C13H21NO2. The summed E-state index contributed by atoms with van der Waals surface area (Å²) in [5, 5.41) is 21.3. The van der Waals surface area contributed by atoms with E-state index in [4.69, 9.17) is 5.11 Å². The van der Waals surface area contributed by atoms with Crippen LogP contribution in [0, 0.1) is 0 Å². The topological polar surface area (TPSA) is 52.5 Å². The van der Waals surface area contributed by atoms with Crippen molar-refractivity contribution in [2.75, 3.05) is 13.2 Å². The minimum Gasteiger partial charge on any atom is -0.508 e. The number of hydrogen-bond donors (Lipinski definition) is 3. The Morgan fingerprint density at radius 3 is 2.44 bits per heavy atom. The summed E-state index contributed by atoms with van der Waals surface area (Å²) in [5.74, 6) is 0.305. The van der Waals surface area contributed by atoms with Gasteiger partial charge >= 0.3 is 0 Å². The standard InChI is InChI=1S/C13H21NO2/c1-2-13(14-9-3-4-10-15)11-5-7-12(16)8-6-11/h5-8,13-16H,2-4,9-10H2,1H3. The van der Waals surface area contributed by atoms with Crippen molar-refractivity contribution >= 4 is 0 Å². The molecule has 1 unspecified atom stereocenters. The molecule has 0 bridgehead atoms. The molecule has 3 nitrogen and oxygen atoms in total. The summed E-state index contributed by atoms with van der Waals surface area (Å²) < 4.78 is 0. The maximum absolute atomic E-state index is 9.21. The van der Waals surface area contributed by atoms with E-state index in [-0.39, 0.29) is 6.61 Å². The average molecular weight is 223 g/mol. The number of benzene rings is 1. The molecule has 0 aliphatic heterocycles. The maximum Gasteiger partial charge on any atom is 0.115 e. The van der Waals surface area contributed by atoms with Gasteiger partial charge in [-0.3, -0.25) is 0 Å². The Morgan fingerprint density at radius 1 is 1.19 bits per heavy atom. The van der Waals surface area contributed by atoms with Gasteiger partial charge in [0.1, 0.15) is 5.75 Å². The lowest BCUT2D eigenvalue weighted by Crippen LogP contribution is -2.22. The van der Waals surface area contributed by atoms with E-state index in [2.05, 4.69) is 12.2 Å².